The Bertz CT molecular complexity index is 398. The fourth-order valence-corrected chi connectivity index (χ4v) is 2.22. The van der Waals surface area contributed by atoms with Crippen LogP contribution in [0.1, 0.15) is 47.4 Å². The third-order valence-electron chi connectivity index (χ3n) is 2.97. The Kier molecular flexibility index (Phi) is 3.25. The lowest BCUT2D eigenvalue weighted by molar-refractivity contribution is 0.0524. The van der Waals surface area contributed by atoms with Gasteiger partial charge in [0, 0.05) is 0 Å². The Morgan fingerprint density at radius 2 is 2.38 bits per heavy atom. The smallest absolute Gasteiger partial charge is 0.338 e. The molecule has 1 N–H and O–H groups in total. The molecule has 0 bridgehead atoms. The summed E-state index contributed by atoms with van der Waals surface area (Å²) in [5.74, 6) is -0.284. The van der Waals surface area contributed by atoms with Crippen LogP contribution in [0.15, 0.2) is 18.2 Å². The van der Waals surface area contributed by atoms with Crippen molar-refractivity contribution in [3.05, 3.63) is 34.9 Å². The first kappa shape index (κ1) is 11.1. The molecule has 86 valence electrons. The first-order valence-electron chi connectivity index (χ1n) is 5.71. The summed E-state index contributed by atoms with van der Waals surface area (Å²) in [6.07, 6.45) is 2.11. The summed E-state index contributed by atoms with van der Waals surface area (Å²) in [4.78, 5) is 11.7. The molecule has 1 aliphatic carbocycles. The van der Waals surface area contributed by atoms with E-state index in [2.05, 4.69) is 0 Å². The van der Waals surface area contributed by atoms with Gasteiger partial charge in [0.15, 0.2) is 0 Å². The number of aliphatic hydroxyl groups excluding tert-OH is 1. The van der Waals surface area contributed by atoms with Gasteiger partial charge in [-0.1, -0.05) is 12.1 Å². The van der Waals surface area contributed by atoms with Gasteiger partial charge in [-0.3, -0.25) is 0 Å². The molecule has 1 unspecified atom stereocenters. The molecule has 2 rings (SSSR count). The number of fused-ring (bicyclic) bond motifs is 1. The number of carbonyl (C=O) groups is 1. The van der Waals surface area contributed by atoms with Crippen LogP contribution in [0.3, 0.4) is 0 Å². The van der Waals surface area contributed by atoms with Crippen molar-refractivity contribution in [3.63, 3.8) is 0 Å². The van der Waals surface area contributed by atoms with E-state index in [9.17, 15) is 9.90 Å². The van der Waals surface area contributed by atoms with Gasteiger partial charge in [0.1, 0.15) is 0 Å². The van der Waals surface area contributed by atoms with Crippen LogP contribution in [0.5, 0.6) is 0 Å². The highest BCUT2D eigenvalue weighted by atomic mass is 16.5. The largest absolute Gasteiger partial charge is 0.462 e. The van der Waals surface area contributed by atoms with Crippen molar-refractivity contribution in [2.75, 3.05) is 6.61 Å². The molecule has 1 aromatic rings. The summed E-state index contributed by atoms with van der Waals surface area (Å²) < 4.78 is 5.01. The standard InChI is InChI=1S/C13H16O3/c1-2-16-13(15)11-7-3-6-10-9(11)5-4-8-12(10)14/h3,6-7,12,14H,2,4-5,8H2,1H3. The van der Waals surface area contributed by atoms with Gasteiger partial charge < -0.3 is 9.84 Å². The van der Waals surface area contributed by atoms with E-state index in [0.717, 1.165) is 30.4 Å². The van der Waals surface area contributed by atoms with Gasteiger partial charge in [-0.15, -0.1) is 0 Å². The molecule has 0 amide bonds. The predicted molar refractivity (Wildman–Crippen MR) is 60.3 cm³/mol. The van der Waals surface area contributed by atoms with E-state index in [0.29, 0.717) is 12.2 Å². The van der Waals surface area contributed by atoms with Crippen LogP contribution < -0.4 is 0 Å². The van der Waals surface area contributed by atoms with Gasteiger partial charge in [0.25, 0.3) is 0 Å². The quantitative estimate of drug-likeness (QED) is 0.777. The molecular formula is C13H16O3. The highest BCUT2D eigenvalue weighted by molar-refractivity contribution is 5.91. The lowest BCUT2D eigenvalue weighted by Gasteiger charge is -2.23. The third-order valence-corrected chi connectivity index (χ3v) is 2.97. The van der Waals surface area contributed by atoms with E-state index in [-0.39, 0.29) is 5.97 Å². The lowest BCUT2D eigenvalue weighted by Crippen LogP contribution is -2.15. The predicted octanol–water partition coefficient (Wildman–Crippen LogP) is 2.23. The molecule has 0 spiro atoms. The van der Waals surface area contributed by atoms with Crippen LogP contribution >= 0.6 is 0 Å². The number of ether oxygens (including phenoxy) is 1. The number of benzene rings is 1. The second-order valence-electron chi connectivity index (χ2n) is 4.00. The number of hydrogen-bond acceptors (Lipinski definition) is 3. The molecule has 1 atom stereocenters. The Labute approximate surface area is 95.0 Å². The van der Waals surface area contributed by atoms with Crippen LogP contribution in [0.2, 0.25) is 0 Å². The summed E-state index contributed by atoms with van der Waals surface area (Å²) >= 11 is 0. The second kappa shape index (κ2) is 4.66. The monoisotopic (exact) mass is 220 g/mol. The van der Waals surface area contributed by atoms with Gasteiger partial charge in [-0.25, -0.2) is 4.79 Å². The SMILES string of the molecule is CCOC(=O)c1cccc2c1CCCC2O. The van der Waals surface area contributed by atoms with Gasteiger partial charge in [-0.2, -0.15) is 0 Å². The zero-order valence-corrected chi connectivity index (χ0v) is 9.40. The number of esters is 1. The molecule has 0 heterocycles. The minimum absolute atomic E-state index is 0.284. The van der Waals surface area contributed by atoms with E-state index < -0.39 is 6.10 Å². The maximum absolute atomic E-state index is 11.7. The van der Waals surface area contributed by atoms with E-state index in [1.165, 1.54) is 0 Å². The summed E-state index contributed by atoms with van der Waals surface area (Å²) in [5.41, 5.74) is 2.45. The fourth-order valence-electron chi connectivity index (χ4n) is 2.22. The molecule has 0 saturated heterocycles. The van der Waals surface area contributed by atoms with E-state index in [1.807, 2.05) is 6.07 Å². The minimum Gasteiger partial charge on any atom is -0.462 e. The molecule has 1 aromatic carbocycles. The second-order valence-corrected chi connectivity index (χ2v) is 4.00. The van der Waals surface area contributed by atoms with Crippen LogP contribution in [0.4, 0.5) is 0 Å². The molecule has 0 aliphatic heterocycles. The third kappa shape index (κ3) is 1.95. The summed E-state index contributed by atoms with van der Waals surface area (Å²) in [5, 5.41) is 9.85. The molecule has 1 aliphatic rings. The molecule has 0 saturated carbocycles. The van der Waals surface area contributed by atoms with Crippen molar-refractivity contribution in [1.82, 2.24) is 0 Å². The first-order valence-corrected chi connectivity index (χ1v) is 5.71. The van der Waals surface area contributed by atoms with Crippen LogP contribution in [-0.4, -0.2) is 17.7 Å². The van der Waals surface area contributed by atoms with Crippen molar-refractivity contribution in [3.8, 4) is 0 Å². The Morgan fingerprint density at radius 1 is 1.56 bits per heavy atom. The first-order chi connectivity index (χ1) is 7.74. The summed E-state index contributed by atoms with van der Waals surface area (Å²) in [7, 11) is 0. The maximum atomic E-state index is 11.7. The molecule has 3 nitrogen and oxygen atoms in total. The number of hydrogen-bond donors (Lipinski definition) is 1. The summed E-state index contributed by atoms with van der Waals surface area (Å²) in [6.45, 7) is 2.17. The zero-order chi connectivity index (χ0) is 11.5. The molecule has 0 fully saturated rings. The highest BCUT2D eigenvalue weighted by Gasteiger charge is 2.23. The van der Waals surface area contributed by atoms with Crippen LogP contribution in [-0.2, 0) is 11.2 Å². The Balaban J connectivity index is 2.39. The number of carbonyl (C=O) groups excluding carboxylic acids is 1. The van der Waals surface area contributed by atoms with E-state index in [1.54, 1.807) is 19.1 Å². The topological polar surface area (TPSA) is 46.5 Å². The molecule has 0 radical (unpaired) electrons. The number of rotatable bonds is 2. The van der Waals surface area contributed by atoms with E-state index in [4.69, 9.17) is 4.74 Å². The van der Waals surface area contributed by atoms with Crippen molar-refractivity contribution < 1.29 is 14.6 Å². The van der Waals surface area contributed by atoms with Gasteiger partial charge in [0.2, 0.25) is 0 Å². The highest BCUT2D eigenvalue weighted by Crippen LogP contribution is 2.31. The molecule has 16 heavy (non-hydrogen) atoms. The molecule has 3 heteroatoms. The van der Waals surface area contributed by atoms with Crippen molar-refractivity contribution in [2.24, 2.45) is 0 Å². The molecule has 0 aromatic heterocycles. The Hall–Kier alpha value is -1.35. The van der Waals surface area contributed by atoms with Gasteiger partial charge >= 0.3 is 5.97 Å². The van der Waals surface area contributed by atoms with E-state index >= 15 is 0 Å². The van der Waals surface area contributed by atoms with Crippen molar-refractivity contribution in [2.45, 2.75) is 32.3 Å². The zero-order valence-electron chi connectivity index (χ0n) is 9.40. The van der Waals surface area contributed by atoms with Crippen LogP contribution in [0.25, 0.3) is 0 Å². The molecular weight excluding hydrogens is 204 g/mol. The maximum Gasteiger partial charge on any atom is 0.338 e. The van der Waals surface area contributed by atoms with Gasteiger partial charge in [0.05, 0.1) is 18.3 Å². The normalized spacial score (nSPS) is 19.0. The summed E-state index contributed by atoms with van der Waals surface area (Å²) in [6, 6.07) is 5.47. The van der Waals surface area contributed by atoms with Gasteiger partial charge in [-0.05, 0) is 43.4 Å². The Morgan fingerprint density at radius 3 is 3.12 bits per heavy atom. The van der Waals surface area contributed by atoms with Crippen molar-refractivity contribution in [1.29, 1.82) is 0 Å². The average molecular weight is 220 g/mol. The average Bonchev–Trinajstić information content (AvgIpc) is 2.29. The fraction of sp³-hybridized carbons (Fsp3) is 0.462. The minimum atomic E-state index is -0.432. The van der Waals surface area contributed by atoms with Crippen molar-refractivity contribution >= 4 is 5.97 Å². The van der Waals surface area contributed by atoms with Crippen LogP contribution in [0, 0.1) is 0 Å². The lowest BCUT2D eigenvalue weighted by atomic mass is 9.86. The number of aliphatic hydroxyl groups is 1.